The van der Waals surface area contributed by atoms with Crippen molar-refractivity contribution in [2.24, 2.45) is 5.73 Å². The van der Waals surface area contributed by atoms with Crippen molar-refractivity contribution in [3.63, 3.8) is 0 Å². The Morgan fingerprint density at radius 2 is 1.96 bits per heavy atom. The van der Waals surface area contributed by atoms with Crippen molar-refractivity contribution in [3.8, 4) is 0 Å². The standard InChI is InChI=1S/C16H24N4O2.2ClH/c1-20(11-7-13-6-2-5-10-18-13)14(21)12-19-15(22)16(17)8-3-4-9-16;;/h2,5-6,10H,3-4,7-9,11-12,17H2,1H3,(H,19,22);2*1H. The fraction of sp³-hybridized carbons (Fsp3) is 0.562. The molecule has 0 atom stereocenters. The number of amides is 2. The van der Waals surface area contributed by atoms with Crippen molar-refractivity contribution >= 4 is 36.6 Å². The van der Waals surface area contributed by atoms with Crippen LogP contribution >= 0.6 is 24.8 Å². The van der Waals surface area contributed by atoms with E-state index in [0.29, 0.717) is 25.8 Å². The van der Waals surface area contributed by atoms with Gasteiger partial charge in [0.15, 0.2) is 0 Å². The molecule has 0 bridgehead atoms. The zero-order valence-electron chi connectivity index (χ0n) is 13.9. The lowest BCUT2D eigenvalue weighted by atomic mass is 9.98. The normalized spacial score (nSPS) is 14.9. The summed E-state index contributed by atoms with van der Waals surface area (Å²) in [5.41, 5.74) is 6.21. The number of rotatable bonds is 6. The van der Waals surface area contributed by atoms with Crippen molar-refractivity contribution in [2.45, 2.75) is 37.6 Å². The van der Waals surface area contributed by atoms with Crippen LogP contribution in [0.5, 0.6) is 0 Å². The monoisotopic (exact) mass is 376 g/mol. The van der Waals surface area contributed by atoms with Crippen LogP contribution in [-0.2, 0) is 16.0 Å². The number of hydrogen-bond acceptors (Lipinski definition) is 4. The van der Waals surface area contributed by atoms with Gasteiger partial charge in [0.1, 0.15) is 0 Å². The summed E-state index contributed by atoms with van der Waals surface area (Å²) in [6, 6.07) is 5.71. The van der Waals surface area contributed by atoms with Gasteiger partial charge in [0, 0.05) is 31.9 Å². The summed E-state index contributed by atoms with van der Waals surface area (Å²) in [5.74, 6) is -0.331. The van der Waals surface area contributed by atoms with Crippen LogP contribution in [0, 0.1) is 0 Å². The van der Waals surface area contributed by atoms with Crippen molar-refractivity contribution in [2.75, 3.05) is 20.1 Å². The Balaban J connectivity index is 0.00000264. The summed E-state index contributed by atoms with van der Waals surface area (Å²) >= 11 is 0. The maximum atomic E-state index is 12.1. The summed E-state index contributed by atoms with van der Waals surface area (Å²) in [7, 11) is 1.73. The first-order valence-corrected chi connectivity index (χ1v) is 7.72. The van der Waals surface area contributed by atoms with E-state index >= 15 is 0 Å². The van der Waals surface area contributed by atoms with Gasteiger partial charge >= 0.3 is 0 Å². The molecule has 136 valence electrons. The van der Waals surface area contributed by atoms with Gasteiger partial charge in [-0.1, -0.05) is 18.9 Å². The van der Waals surface area contributed by atoms with Gasteiger partial charge in [-0.3, -0.25) is 14.6 Å². The lowest BCUT2D eigenvalue weighted by Crippen LogP contribution is -2.53. The predicted octanol–water partition coefficient (Wildman–Crippen LogP) is 1.31. The van der Waals surface area contributed by atoms with Crippen LogP contribution in [0.15, 0.2) is 24.4 Å². The Labute approximate surface area is 155 Å². The van der Waals surface area contributed by atoms with E-state index in [1.165, 1.54) is 0 Å². The Morgan fingerprint density at radius 1 is 1.29 bits per heavy atom. The summed E-state index contributed by atoms with van der Waals surface area (Å²) in [5, 5.41) is 2.67. The number of carbonyl (C=O) groups excluding carboxylic acids is 2. The summed E-state index contributed by atoms with van der Waals surface area (Å²) < 4.78 is 0. The molecule has 0 radical (unpaired) electrons. The van der Waals surface area contributed by atoms with Crippen LogP contribution in [0.25, 0.3) is 0 Å². The molecule has 1 aliphatic rings. The fourth-order valence-corrected chi connectivity index (χ4v) is 2.65. The highest BCUT2D eigenvalue weighted by Gasteiger charge is 2.36. The number of nitrogens with zero attached hydrogens (tertiary/aromatic N) is 2. The second kappa shape index (κ2) is 10.5. The van der Waals surface area contributed by atoms with Crippen LogP contribution in [0.1, 0.15) is 31.4 Å². The third kappa shape index (κ3) is 6.26. The molecular formula is C16H26Cl2N4O2. The SMILES string of the molecule is CN(CCc1ccccn1)C(=O)CNC(=O)C1(N)CCCC1.Cl.Cl. The van der Waals surface area contributed by atoms with Crippen molar-refractivity contribution in [3.05, 3.63) is 30.1 Å². The van der Waals surface area contributed by atoms with Crippen LogP contribution in [0.4, 0.5) is 0 Å². The van der Waals surface area contributed by atoms with Gasteiger partial charge in [0.25, 0.3) is 0 Å². The van der Waals surface area contributed by atoms with Gasteiger partial charge in [-0.2, -0.15) is 0 Å². The Hall–Kier alpha value is -1.37. The van der Waals surface area contributed by atoms with Crippen molar-refractivity contribution in [1.29, 1.82) is 0 Å². The average Bonchev–Trinajstić information content (AvgIpc) is 2.99. The maximum Gasteiger partial charge on any atom is 0.241 e. The molecule has 1 aromatic rings. The maximum absolute atomic E-state index is 12.1. The summed E-state index contributed by atoms with van der Waals surface area (Å²) in [6.45, 7) is 0.565. The lowest BCUT2D eigenvalue weighted by Gasteiger charge is -2.23. The van der Waals surface area contributed by atoms with Crippen LogP contribution in [0.3, 0.4) is 0 Å². The van der Waals surface area contributed by atoms with E-state index in [2.05, 4.69) is 10.3 Å². The number of nitrogens with one attached hydrogen (secondary N) is 1. The van der Waals surface area contributed by atoms with E-state index in [-0.39, 0.29) is 43.2 Å². The molecule has 1 fully saturated rings. The minimum Gasteiger partial charge on any atom is -0.345 e. The first-order chi connectivity index (χ1) is 10.5. The first kappa shape index (κ1) is 22.6. The van der Waals surface area contributed by atoms with Gasteiger partial charge in [-0.15, -0.1) is 24.8 Å². The minimum absolute atomic E-state index is 0. The van der Waals surface area contributed by atoms with E-state index in [9.17, 15) is 9.59 Å². The Kier molecular flexibility index (Phi) is 9.89. The highest BCUT2D eigenvalue weighted by molar-refractivity contribution is 5.90. The molecular weight excluding hydrogens is 351 g/mol. The van der Waals surface area contributed by atoms with E-state index in [1.807, 2.05) is 18.2 Å². The molecule has 2 rings (SSSR count). The molecule has 2 amide bonds. The molecule has 0 aliphatic heterocycles. The number of carbonyl (C=O) groups is 2. The number of halogens is 2. The second-order valence-electron chi connectivity index (χ2n) is 5.93. The van der Waals surface area contributed by atoms with E-state index in [1.54, 1.807) is 18.1 Å². The molecule has 6 nitrogen and oxygen atoms in total. The van der Waals surface area contributed by atoms with Gasteiger partial charge in [-0.25, -0.2) is 0 Å². The van der Waals surface area contributed by atoms with Gasteiger partial charge < -0.3 is 16.0 Å². The third-order valence-electron chi connectivity index (χ3n) is 4.20. The topological polar surface area (TPSA) is 88.3 Å². The molecule has 1 saturated carbocycles. The minimum atomic E-state index is -0.785. The molecule has 0 aromatic carbocycles. The quantitative estimate of drug-likeness (QED) is 0.783. The second-order valence-corrected chi connectivity index (χ2v) is 5.93. The molecule has 1 aromatic heterocycles. The molecule has 8 heteroatoms. The lowest BCUT2D eigenvalue weighted by molar-refractivity contribution is -0.133. The van der Waals surface area contributed by atoms with Crippen LogP contribution in [0.2, 0.25) is 0 Å². The highest BCUT2D eigenvalue weighted by atomic mass is 35.5. The highest BCUT2D eigenvalue weighted by Crippen LogP contribution is 2.27. The van der Waals surface area contributed by atoms with Crippen LogP contribution in [-0.4, -0.2) is 47.4 Å². The Bertz CT molecular complexity index is 522. The molecule has 0 spiro atoms. The number of aromatic nitrogens is 1. The molecule has 1 heterocycles. The molecule has 24 heavy (non-hydrogen) atoms. The number of hydrogen-bond donors (Lipinski definition) is 2. The van der Waals surface area contributed by atoms with Gasteiger partial charge in [0.2, 0.25) is 11.8 Å². The number of pyridine rings is 1. The zero-order valence-corrected chi connectivity index (χ0v) is 15.5. The molecule has 1 aliphatic carbocycles. The van der Waals surface area contributed by atoms with Crippen molar-refractivity contribution in [1.82, 2.24) is 15.2 Å². The summed E-state index contributed by atoms with van der Waals surface area (Å²) in [6.07, 6.45) is 5.77. The predicted molar refractivity (Wildman–Crippen MR) is 98.5 cm³/mol. The number of likely N-dealkylation sites (N-methyl/N-ethyl adjacent to an activating group) is 1. The van der Waals surface area contributed by atoms with Gasteiger partial charge in [0.05, 0.1) is 12.1 Å². The number of nitrogens with two attached hydrogens (primary N) is 1. The van der Waals surface area contributed by atoms with E-state index < -0.39 is 5.54 Å². The third-order valence-corrected chi connectivity index (χ3v) is 4.20. The summed E-state index contributed by atoms with van der Waals surface area (Å²) in [4.78, 5) is 29.9. The van der Waals surface area contributed by atoms with Gasteiger partial charge in [-0.05, 0) is 25.0 Å². The fourth-order valence-electron chi connectivity index (χ4n) is 2.65. The largest absolute Gasteiger partial charge is 0.345 e. The molecule has 0 unspecified atom stereocenters. The van der Waals surface area contributed by atoms with Crippen molar-refractivity contribution < 1.29 is 9.59 Å². The molecule has 0 saturated heterocycles. The average molecular weight is 377 g/mol. The van der Waals surface area contributed by atoms with E-state index in [0.717, 1.165) is 18.5 Å². The van der Waals surface area contributed by atoms with Crippen LogP contribution < -0.4 is 11.1 Å². The molecule has 3 N–H and O–H groups in total. The first-order valence-electron chi connectivity index (χ1n) is 7.72. The zero-order chi connectivity index (χ0) is 16.0. The smallest absolute Gasteiger partial charge is 0.241 e. The Morgan fingerprint density at radius 3 is 2.54 bits per heavy atom. The van der Waals surface area contributed by atoms with E-state index in [4.69, 9.17) is 5.73 Å².